The molecule has 1 atom stereocenters. The molecule has 5 nitrogen and oxygen atoms in total. The summed E-state index contributed by atoms with van der Waals surface area (Å²) in [7, 11) is 0. The predicted molar refractivity (Wildman–Crippen MR) is 57.4 cm³/mol. The van der Waals surface area contributed by atoms with Crippen molar-refractivity contribution < 1.29 is 14.7 Å². The third kappa shape index (κ3) is 4.29. The van der Waals surface area contributed by atoms with Crippen LogP contribution in [-0.2, 0) is 9.59 Å². The van der Waals surface area contributed by atoms with E-state index in [0.29, 0.717) is 6.54 Å². The van der Waals surface area contributed by atoms with Gasteiger partial charge in [-0.3, -0.25) is 9.59 Å². The standard InChI is InChI=1S/C10H20N2O3/c1-5-12(7(2)6-8(13)14)9(15)10(3,4)11/h7H,5-6,11H2,1-4H3,(H,13,14). The maximum atomic E-state index is 11.8. The van der Waals surface area contributed by atoms with Crippen LogP contribution in [0.25, 0.3) is 0 Å². The summed E-state index contributed by atoms with van der Waals surface area (Å²) in [6.45, 7) is 7.22. The maximum absolute atomic E-state index is 11.8. The molecule has 0 rings (SSSR count). The van der Waals surface area contributed by atoms with Crippen LogP contribution in [0.2, 0.25) is 0 Å². The Hall–Kier alpha value is -1.10. The predicted octanol–water partition coefficient (Wildman–Crippen LogP) is 0.435. The Morgan fingerprint density at radius 3 is 2.20 bits per heavy atom. The van der Waals surface area contributed by atoms with E-state index in [1.807, 2.05) is 6.92 Å². The minimum Gasteiger partial charge on any atom is -0.481 e. The number of aliphatic carboxylic acids is 1. The third-order valence-electron chi connectivity index (χ3n) is 2.15. The van der Waals surface area contributed by atoms with Gasteiger partial charge >= 0.3 is 5.97 Å². The Balaban J connectivity index is 4.62. The molecule has 1 amide bonds. The second kappa shape index (κ2) is 5.11. The third-order valence-corrected chi connectivity index (χ3v) is 2.15. The van der Waals surface area contributed by atoms with Crippen LogP contribution in [-0.4, -0.2) is 40.0 Å². The van der Waals surface area contributed by atoms with E-state index in [2.05, 4.69) is 0 Å². The van der Waals surface area contributed by atoms with Crippen molar-refractivity contribution in [3.8, 4) is 0 Å². The summed E-state index contributed by atoms with van der Waals surface area (Å²) < 4.78 is 0. The van der Waals surface area contributed by atoms with Gasteiger partial charge in [0.05, 0.1) is 12.0 Å². The molecule has 0 aliphatic heterocycles. The Kier molecular flexibility index (Phi) is 4.74. The van der Waals surface area contributed by atoms with Crippen LogP contribution in [0.1, 0.15) is 34.1 Å². The smallest absolute Gasteiger partial charge is 0.305 e. The Bertz CT molecular complexity index is 246. The normalized spacial score (nSPS) is 13.4. The lowest BCUT2D eigenvalue weighted by molar-refractivity contribution is -0.142. The topological polar surface area (TPSA) is 83.6 Å². The van der Waals surface area contributed by atoms with Crippen LogP contribution < -0.4 is 5.73 Å². The van der Waals surface area contributed by atoms with Gasteiger partial charge in [0.15, 0.2) is 0 Å². The number of amides is 1. The van der Waals surface area contributed by atoms with Crippen LogP contribution >= 0.6 is 0 Å². The molecule has 0 saturated heterocycles. The molecule has 0 bridgehead atoms. The van der Waals surface area contributed by atoms with Gasteiger partial charge in [0, 0.05) is 12.6 Å². The first kappa shape index (κ1) is 13.9. The zero-order valence-electron chi connectivity index (χ0n) is 9.78. The summed E-state index contributed by atoms with van der Waals surface area (Å²) in [6, 6.07) is -0.331. The molecule has 3 N–H and O–H groups in total. The second-order valence-corrected chi connectivity index (χ2v) is 4.26. The van der Waals surface area contributed by atoms with Crippen LogP contribution in [0.5, 0.6) is 0 Å². The molecule has 0 fully saturated rings. The molecule has 0 aromatic carbocycles. The van der Waals surface area contributed by atoms with E-state index in [-0.39, 0.29) is 18.4 Å². The number of hydrogen-bond acceptors (Lipinski definition) is 3. The summed E-state index contributed by atoms with van der Waals surface area (Å²) in [5.74, 6) is -1.14. The van der Waals surface area contributed by atoms with Crippen LogP contribution in [0, 0.1) is 0 Å². The minimum atomic E-state index is -0.956. The van der Waals surface area contributed by atoms with E-state index in [1.54, 1.807) is 20.8 Å². The lowest BCUT2D eigenvalue weighted by Crippen LogP contribution is -2.54. The molecule has 0 radical (unpaired) electrons. The summed E-state index contributed by atoms with van der Waals surface area (Å²) in [4.78, 5) is 23.9. The molecule has 5 heteroatoms. The van der Waals surface area contributed by atoms with E-state index in [1.165, 1.54) is 4.90 Å². The van der Waals surface area contributed by atoms with E-state index >= 15 is 0 Å². The summed E-state index contributed by atoms with van der Waals surface area (Å²) in [5, 5.41) is 8.64. The quantitative estimate of drug-likeness (QED) is 0.698. The van der Waals surface area contributed by atoms with Gasteiger partial charge in [0.1, 0.15) is 0 Å². The highest BCUT2D eigenvalue weighted by Crippen LogP contribution is 2.10. The highest BCUT2D eigenvalue weighted by Gasteiger charge is 2.30. The number of likely N-dealkylation sites (N-methyl/N-ethyl adjacent to an activating group) is 1. The molecule has 88 valence electrons. The van der Waals surface area contributed by atoms with Gasteiger partial charge in [-0.25, -0.2) is 0 Å². The molecule has 0 heterocycles. The largest absolute Gasteiger partial charge is 0.481 e. The minimum absolute atomic E-state index is 0.0599. The van der Waals surface area contributed by atoms with Crippen molar-refractivity contribution in [3.05, 3.63) is 0 Å². The highest BCUT2D eigenvalue weighted by atomic mass is 16.4. The number of carboxylic acid groups (broad SMARTS) is 1. The van der Waals surface area contributed by atoms with Crippen molar-refractivity contribution in [2.45, 2.75) is 45.7 Å². The molecule has 0 aromatic rings. The van der Waals surface area contributed by atoms with Crippen LogP contribution in [0.3, 0.4) is 0 Å². The molecule has 0 aliphatic carbocycles. The van der Waals surface area contributed by atoms with Crippen molar-refractivity contribution in [2.75, 3.05) is 6.54 Å². The zero-order chi connectivity index (χ0) is 12.2. The molecule has 0 aliphatic rings. The van der Waals surface area contributed by atoms with Crippen LogP contribution in [0.4, 0.5) is 0 Å². The number of rotatable bonds is 5. The Morgan fingerprint density at radius 2 is 1.93 bits per heavy atom. The van der Waals surface area contributed by atoms with Crippen molar-refractivity contribution in [2.24, 2.45) is 5.73 Å². The monoisotopic (exact) mass is 216 g/mol. The van der Waals surface area contributed by atoms with Crippen molar-refractivity contribution >= 4 is 11.9 Å². The molecular formula is C10H20N2O3. The van der Waals surface area contributed by atoms with Crippen LogP contribution in [0.15, 0.2) is 0 Å². The fourth-order valence-corrected chi connectivity index (χ4v) is 1.39. The maximum Gasteiger partial charge on any atom is 0.305 e. The molecule has 0 aromatic heterocycles. The number of carbonyl (C=O) groups is 2. The van der Waals surface area contributed by atoms with Gasteiger partial charge in [0.2, 0.25) is 5.91 Å². The van der Waals surface area contributed by atoms with E-state index in [9.17, 15) is 9.59 Å². The fraction of sp³-hybridized carbons (Fsp3) is 0.800. The van der Waals surface area contributed by atoms with Gasteiger partial charge in [-0.15, -0.1) is 0 Å². The molecule has 15 heavy (non-hydrogen) atoms. The van der Waals surface area contributed by atoms with Gasteiger partial charge in [-0.2, -0.15) is 0 Å². The number of carbonyl (C=O) groups excluding carboxylic acids is 1. The summed E-state index contributed by atoms with van der Waals surface area (Å²) >= 11 is 0. The highest BCUT2D eigenvalue weighted by molar-refractivity contribution is 5.85. The summed E-state index contributed by atoms with van der Waals surface area (Å²) in [5.41, 5.74) is 4.73. The fourth-order valence-electron chi connectivity index (χ4n) is 1.39. The number of nitrogens with two attached hydrogens (primary N) is 1. The first-order chi connectivity index (χ1) is 6.70. The average Bonchev–Trinajstić information content (AvgIpc) is 2.01. The average molecular weight is 216 g/mol. The molecule has 1 unspecified atom stereocenters. The Morgan fingerprint density at radius 1 is 1.47 bits per heavy atom. The van der Waals surface area contributed by atoms with E-state index in [0.717, 1.165) is 0 Å². The second-order valence-electron chi connectivity index (χ2n) is 4.26. The molecule has 0 spiro atoms. The number of nitrogens with zero attached hydrogens (tertiary/aromatic N) is 1. The SMILES string of the molecule is CCN(C(=O)C(C)(C)N)C(C)CC(=O)O. The van der Waals surface area contributed by atoms with Gasteiger partial charge < -0.3 is 15.7 Å². The van der Waals surface area contributed by atoms with E-state index < -0.39 is 11.5 Å². The number of carboxylic acids is 1. The van der Waals surface area contributed by atoms with E-state index in [4.69, 9.17) is 10.8 Å². The molecule has 0 saturated carbocycles. The first-order valence-electron chi connectivity index (χ1n) is 5.01. The summed E-state index contributed by atoms with van der Waals surface area (Å²) in [6.07, 6.45) is -0.0599. The van der Waals surface area contributed by atoms with Crippen molar-refractivity contribution in [1.82, 2.24) is 4.90 Å². The first-order valence-corrected chi connectivity index (χ1v) is 5.01. The van der Waals surface area contributed by atoms with Gasteiger partial charge in [0.25, 0.3) is 0 Å². The lowest BCUT2D eigenvalue weighted by Gasteiger charge is -2.32. The van der Waals surface area contributed by atoms with Crippen molar-refractivity contribution in [1.29, 1.82) is 0 Å². The zero-order valence-corrected chi connectivity index (χ0v) is 9.78. The van der Waals surface area contributed by atoms with Crippen molar-refractivity contribution in [3.63, 3.8) is 0 Å². The number of hydrogen-bond donors (Lipinski definition) is 2. The lowest BCUT2D eigenvalue weighted by atomic mass is 10.0. The Labute approximate surface area is 90.2 Å². The van der Waals surface area contributed by atoms with Gasteiger partial charge in [-0.1, -0.05) is 0 Å². The molecular weight excluding hydrogens is 196 g/mol. The van der Waals surface area contributed by atoms with Gasteiger partial charge in [-0.05, 0) is 27.7 Å².